The highest BCUT2D eigenvalue weighted by Gasteiger charge is 2.32. The Bertz CT molecular complexity index is 1120. The molecule has 7 nitrogen and oxygen atoms in total. The van der Waals surface area contributed by atoms with Gasteiger partial charge in [0.15, 0.2) is 11.6 Å². The van der Waals surface area contributed by atoms with Gasteiger partial charge in [-0.1, -0.05) is 0 Å². The highest BCUT2D eigenvalue weighted by atomic mass is 32.2. The van der Waals surface area contributed by atoms with Crippen LogP contribution >= 0.6 is 0 Å². The van der Waals surface area contributed by atoms with E-state index in [1.54, 1.807) is 0 Å². The van der Waals surface area contributed by atoms with Gasteiger partial charge in [0.05, 0.1) is 23.3 Å². The molecule has 0 aliphatic carbocycles. The summed E-state index contributed by atoms with van der Waals surface area (Å²) >= 11 is 0. The van der Waals surface area contributed by atoms with Crippen molar-refractivity contribution in [2.45, 2.75) is 17.7 Å². The number of rotatable bonds is 5. The van der Waals surface area contributed by atoms with Gasteiger partial charge in [-0.25, -0.2) is 26.4 Å². The fourth-order valence-electron chi connectivity index (χ4n) is 3.25. The molecule has 0 atom stereocenters. The van der Waals surface area contributed by atoms with Crippen LogP contribution in [0.1, 0.15) is 23.2 Å². The highest BCUT2D eigenvalue weighted by Crippen LogP contribution is 2.26. The second kappa shape index (κ2) is 9.06. The smallest absolute Gasteiger partial charge is 0.337 e. The van der Waals surface area contributed by atoms with Crippen molar-refractivity contribution in [1.82, 2.24) is 4.31 Å². The first kappa shape index (κ1) is 22.8. The van der Waals surface area contributed by atoms with E-state index in [1.807, 2.05) is 0 Å². The van der Waals surface area contributed by atoms with E-state index in [9.17, 15) is 31.2 Å². The van der Waals surface area contributed by atoms with Gasteiger partial charge in [-0.05, 0) is 49.2 Å². The van der Waals surface area contributed by atoms with E-state index in [0.29, 0.717) is 6.07 Å². The highest BCUT2D eigenvalue weighted by molar-refractivity contribution is 7.89. The van der Waals surface area contributed by atoms with E-state index in [0.717, 1.165) is 28.6 Å². The Morgan fingerprint density at radius 2 is 1.65 bits per heavy atom. The van der Waals surface area contributed by atoms with Crippen molar-refractivity contribution in [3.8, 4) is 0 Å². The topological polar surface area (TPSA) is 92.8 Å². The molecule has 11 heteroatoms. The zero-order chi connectivity index (χ0) is 22.8. The zero-order valence-electron chi connectivity index (χ0n) is 16.4. The van der Waals surface area contributed by atoms with Gasteiger partial charge >= 0.3 is 5.97 Å². The third-order valence-electron chi connectivity index (χ3n) is 5.00. The number of amides is 1. The first-order valence-corrected chi connectivity index (χ1v) is 10.7. The lowest BCUT2D eigenvalue weighted by Crippen LogP contribution is -2.41. The van der Waals surface area contributed by atoms with Crippen LogP contribution in [0.5, 0.6) is 0 Å². The Balaban J connectivity index is 1.66. The van der Waals surface area contributed by atoms with E-state index in [1.165, 1.54) is 13.2 Å². The lowest BCUT2D eigenvalue weighted by molar-refractivity contribution is -0.120. The van der Waals surface area contributed by atoms with Crippen LogP contribution in [0.2, 0.25) is 0 Å². The predicted octanol–water partition coefficient (Wildman–Crippen LogP) is 2.93. The third-order valence-corrected chi connectivity index (χ3v) is 6.89. The average molecular weight is 456 g/mol. The monoisotopic (exact) mass is 456 g/mol. The summed E-state index contributed by atoms with van der Waals surface area (Å²) in [5.41, 5.74) is -0.128. The van der Waals surface area contributed by atoms with Gasteiger partial charge in [0.25, 0.3) is 0 Å². The Hall–Kier alpha value is -2.92. The number of methoxy groups -OCH3 is 1. The number of hydrogen-bond acceptors (Lipinski definition) is 5. The molecular weight excluding hydrogens is 437 g/mol. The zero-order valence-corrected chi connectivity index (χ0v) is 17.2. The fraction of sp³-hybridized carbons (Fsp3) is 0.300. The Morgan fingerprint density at radius 3 is 2.26 bits per heavy atom. The maximum Gasteiger partial charge on any atom is 0.337 e. The lowest BCUT2D eigenvalue weighted by Gasteiger charge is -2.30. The van der Waals surface area contributed by atoms with Crippen molar-refractivity contribution in [3.63, 3.8) is 0 Å². The number of benzene rings is 2. The van der Waals surface area contributed by atoms with E-state index >= 15 is 0 Å². The van der Waals surface area contributed by atoms with E-state index in [2.05, 4.69) is 10.1 Å². The molecule has 0 saturated carbocycles. The van der Waals surface area contributed by atoms with Gasteiger partial charge in [-0.15, -0.1) is 0 Å². The van der Waals surface area contributed by atoms with Crippen molar-refractivity contribution < 1.29 is 35.9 Å². The van der Waals surface area contributed by atoms with Crippen LogP contribution in [0.4, 0.5) is 18.9 Å². The number of halogens is 3. The van der Waals surface area contributed by atoms with Gasteiger partial charge < -0.3 is 10.1 Å². The molecule has 1 amide bonds. The Kier molecular flexibility index (Phi) is 6.65. The van der Waals surface area contributed by atoms with E-state index in [-0.39, 0.29) is 42.1 Å². The van der Waals surface area contributed by atoms with Gasteiger partial charge in [-0.2, -0.15) is 4.31 Å². The molecule has 2 aromatic carbocycles. The largest absolute Gasteiger partial charge is 0.465 e. The van der Waals surface area contributed by atoms with Gasteiger partial charge in [-0.3, -0.25) is 4.79 Å². The SMILES string of the molecule is COC(=O)c1ccc(F)c(NC(=O)C2CCN(S(=O)(=O)c3ccc(F)c(F)c3)CC2)c1. The van der Waals surface area contributed by atoms with E-state index < -0.39 is 45.3 Å². The van der Waals surface area contributed by atoms with Crippen LogP contribution in [-0.2, 0) is 19.6 Å². The van der Waals surface area contributed by atoms with Crippen LogP contribution in [0, 0.1) is 23.4 Å². The summed E-state index contributed by atoms with van der Waals surface area (Å²) in [5, 5.41) is 2.42. The number of nitrogens with one attached hydrogen (secondary N) is 1. The quantitative estimate of drug-likeness (QED) is 0.699. The van der Waals surface area contributed by atoms with Crippen LogP contribution in [0.15, 0.2) is 41.3 Å². The van der Waals surface area contributed by atoms with Gasteiger partial charge in [0.2, 0.25) is 15.9 Å². The summed E-state index contributed by atoms with van der Waals surface area (Å²) in [6, 6.07) is 5.72. The molecule has 1 N–H and O–H groups in total. The van der Waals surface area contributed by atoms with Crippen LogP contribution in [-0.4, -0.2) is 44.8 Å². The molecule has 31 heavy (non-hydrogen) atoms. The molecule has 0 bridgehead atoms. The molecular formula is C20H19F3N2O5S. The normalized spacial score (nSPS) is 15.5. The number of esters is 1. The second-order valence-corrected chi connectivity index (χ2v) is 8.87. The molecule has 1 saturated heterocycles. The predicted molar refractivity (Wildman–Crippen MR) is 104 cm³/mol. The van der Waals surface area contributed by atoms with Crippen LogP contribution in [0.25, 0.3) is 0 Å². The summed E-state index contributed by atoms with van der Waals surface area (Å²) in [7, 11) is -2.88. The minimum Gasteiger partial charge on any atom is -0.465 e. The molecule has 0 radical (unpaired) electrons. The molecule has 1 aliphatic rings. The van der Waals surface area contributed by atoms with Gasteiger partial charge in [0.1, 0.15) is 5.82 Å². The van der Waals surface area contributed by atoms with Crippen LogP contribution in [0.3, 0.4) is 0 Å². The number of carbonyl (C=O) groups is 2. The molecule has 1 heterocycles. The third kappa shape index (κ3) is 4.88. The first-order valence-electron chi connectivity index (χ1n) is 9.27. The lowest BCUT2D eigenvalue weighted by atomic mass is 9.97. The molecule has 1 fully saturated rings. The fourth-order valence-corrected chi connectivity index (χ4v) is 4.73. The first-order chi connectivity index (χ1) is 14.6. The minimum atomic E-state index is -4.05. The summed E-state index contributed by atoms with van der Waals surface area (Å²) in [6.07, 6.45) is 0.292. The average Bonchev–Trinajstić information content (AvgIpc) is 2.76. The molecule has 166 valence electrons. The summed E-state index contributed by atoms with van der Waals surface area (Å²) in [6.45, 7) is -0.0474. The molecule has 2 aromatic rings. The second-order valence-electron chi connectivity index (χ2n) is 6.93. The van der Waals surface area contributed by atoms with Crippen molar-refractivity contribution in [2.75, 3.05) is 25.5 Å². The van der Waals surface area contributed by atoms with Gasteiger partial charge in [0, 0.05) is 19.0 Å². The number of hydrogen-bond donors (Lipinski definition) is 1. The number of ether oxygens (including phenoxy) is 1. The van der Waals surface area contributed by atoms with Crippen molar-refractivity contribution >= 4 is 27.6 Å². The maximum atomic E-state index is 14.0. The van der Waals surface area contributed by atoms with Crippen molar-refractivity contribution in [3.05, 3.63) is 59.4 Å². The minimum absolute atomic E-state index is 0.0237. The number of carbonyl (C=O) groups excluding carboxylic acids is 2. The number of nitrogens with zero attached hydrogens (tertiary/aromatic N) is 1. The molecule has 1 aliphatic heterocycles. The standard InChI is InChI=1S/C20H19F3N2O5S/c1-30-20(27)13-2-4-16(22)18(10-13)24-19(26)12-6-8-25(9-7-12)31(28,29)14-3-5-15(21)17(23)11-14/h2-5,10-12H,6-9H2,1H3,(H,24,26). The molecule has 3 rings (SSSR count). The van der Waals surface area contributed by atoms with Crippen molar-refractivity contribution in [2.24, 2.45) is 5.92 Å². The Morgan fingerprint density at radius 1 is 1.00 bits per heavy atom. The number of anilines is 1. The Labute approximate surface area is 176 Å². The number of piperidine rings is 1. The summed E-state index contributed by atoms with van der Waals surface area (Å²) in [4.78, 5) is 23.7. The molecule has 0 unspecified atom stereocenters. The maximum absolute atomic E-state index is 14.0. The summed E-state index contributed by atoms with van der Waals surface area (Å²) in [5.74, 6) is -4.97. The van der Waals surface area contributed by atoms with Crippen molar-refractivity contribution in [1.29, 1.82) is 0 Å². The van der Waals surface area contributed by atoms with E-state index in [4.69, 9.17) is 0 Å². The molecule has 0 spiro atoms. The van der Waals surface area contributed by atoms with Crippen LogP contribution < -0.4 is 5.32 Å². The number of sulfonamides is 1. The summed E-state index contributed by atoms with van der Waals surface area (Å²) < 4.78 is 71.4. The molecule has 0 aromatic heterocycles.